The van der Waals surface area contributed by atoms with Crippen LogP contribution in [-0.2, 0) is 16.0 Å². The predicted molar refractivity (Wildman–Crippen MR) is 86.4 cm³/mol. The number of hydrogen-bond acceptors (Lipinski definition) is 7. The summed E-state index contributed by atoms with van der Waals surface area (Å²) in [5, 5.41) is 24.0. The Kier molecular flexibility index (Phi) is 5.75. The maximum atomic E-state index is 11.7. The zero-order valence-electron chi connectivity index (χ0n) is 12.3. The molecule has 2 aromatic rings. The summed E-state index contributed by atoms with van der Waals surface area (Å²) in [6.45, 7) is 1.73. The summed E-state index contributed by atoms with van der Waals surface area (Å²) >= 11 is 1.14. The molecular formula is C14H15N5O3S. The largest absolute Gasteiger partial charge is 0.508 e. The lowest BCUT2D eigenvalue weighted by Gasteiger charge is -1.97. The normalized spacial score (nSPS) is 10.7. The van der Waals surface area contributed by atoms with E-state index in [1.165, 1.54) is 18.3 Å². The lowest BCUT2D eigenvalue weighted by Crippen LogP contribution is -2.19. The molecule has 0 unspecified atom stereocenters. The molecule has 0 aliphatic heterocycles. The van der Waals surface area contributed by atoms with Gasteiger partial charge >= 0.3 is 0 Å². The van der Waals surface area contributed by atoms with Gasteiger partial charge in [0.2, 0.25) is 16.9 Å². The first-order chi connectivity index (χ1) is 11.1. The summed E-state index contributed by atoms with van der Waals surface area (Å²) in [6.07, 6.45) is 1.83. The number of phenolic OH excluding ortho intramolecular Hbond substituents is 1. The molecule has 2 amide bonds. The van der Waals surface area contributed by atoms with Gasteiger partial charge in [-0.1, -0.05) is 18.3 Å². The Bertz CT molecular complexity index is 711. The van der Waals surface area contributed by atoms with Crippen LogP contribution in [0.3, 0.4) is 0 Å². The molecule has 1 heterocycles. The Morgan fingerprint density at radius 1 is 1.26 bits per heavy atom. The highest BCUT2D eigenvalue weighted by atomic mass is 32.1. The van der Waals surface area contributed by atoms with Crippen LogP contribution in [0.15, 0.2) is 29.4 Å². The molecule has 120 valence electrons. The highest BCUT2D eigenvalue weighted by molar-refractivity contribution is 7.15. The van der Waals surface area contributed by atoms with Crippen molar-refractivity contribution in [2.45, 2.75) is 19.8 Å². The van der Waals surface area contributed by atoms with E-state index in [2.05, 4.69) is 26.0 Å². The smallest absolute Gasteiger partial charge is 0.247 e. The van der Waals surface area contributed by atoms with E-state index in [9.17, 15) is 9.59 Å². The van der Waals surface area contributed by atoms with E-state index in [4.69, 9.17) is 5.11 Å². The molecule has 0 saturated heterocycles. The second-order valence-corrected chi connectivity index (χ2v) is 5.53. The number of nitrogens with zero attached hydrogens (tertiary/aromatic N) is 3. The van der Waals surface area contributed by atoms with Crippen LogP contribution in [0, 0.1) is 0 Å². The first-order valence-electron chi connectivity index (χ1n) is 6.80. The van der Waals surface area contributed by atoms with Crippen molar-refractivity contribution in [3.8, 4) is 5.75 Å². The number of phenols is 1. The number of carbonyl (C=O) groups is 2. The molecule has 0 bridgehead atoms. The number of aromatic hydroxyl groups is 1. The van der Waals surface area contributed by atoms with Crippen molar-refractivity contribution in [2.24, 2.45) is 5.10 Å². The Hall–Kier alpha value is -2.81. The monoisotopic (exact) mass is 333 g/mol. The summed E-state index contributed by atoms with van der Waals surface area (Å²) < 4.78 is 0. The molecule has 0 spiro atoms. The van der Waals surface area contributed by atoms with Crippen LogP contribution in [0.4, 0.5) is 5.13 Å². The van der Waals surface area contributed by atoms with Crippen molar-refractivity contribution in [1.29, 1.82) is 0 Å². The van der Waals surface area contributed by atoms with Gasteiger partial charge in [-0.15, -0.1) is 10.2 Å². The molecular weight excluding hydrogens is 318 g/mol. The third-order valence-electron chi connectivity index (χ3n) is 2.64. The SMILES string of the molecule is CCC(=O)Nc1nnc(CC(=O)NN=Cc2ccc(O)cc2)s1. The van der Waals surface area contributed by atoms with Gasteiger partial charge in [0.25, 0.3) is 0 Å². The first kappa shape index (κ1) is 16.6. The minimum atomic E-state index is -0.343. The maximum Gasteiger partial charge on any atom is 0.247 e. The standard InChI is InChI=1S/C14H15N5O3S/c1-2-11(21)16-14-19-18-13(23-14)7-12(22)17-15-8-9-3-5-10(20)6-4-9/h3-6,8,20H,2,7H2,1H3,(H,17,22)(H,16,19,21). The van der Waals surface area contributed by atoms with Gasteiger partial charge in [-0.3, -0.25) is 9.59 Å². The number of carbonyl (C=O) groups excluding carboxylic acids is 2. The van der Waals surface area contributed by atoms with Crippen LogP contribution in [0.5, 0.6) is 5.75 Å². The topological polar surface area (TPSA) is 117 Å². The molecule has 0 saturated carbocycles. The zero-order valence-corrected chi connectivity index (χ0v) is 13.1. The van der Waals surface area contributed by atoms with Crippen molar-refractivity contribution in [3.05, 3.63) is 34.8 Å². The summed E-state index contributed by atoms with van der Waals surface area (Å²) in [7, 11) is 0. The molecule has 1 aromatic carbocycles. The molecule has 3 N–H and O–H groups in total. The minimum Gasteiger partial charge on any atom is -0.508 e. The minimum absolute atomic E-state index is 0.0204. The van der Waals surface area contributed by atoms with E-state index in [1.54, 1.807) is 19.1 Å². The fraction of sp³-hybridized carbons (Fsp3) is 0.214. The Morgan fingerprint density at radius 3 is 2.70 bits per heavy atom. The van der Waals surface area contributed by atoms with Gasteiger partial charge in [0.05, 0.1) is 12.6 Å². The lowest BCUT2D eigenvalue weighted by molar-refractivity contribution is -0.120. The Labute approximate surface area is 136 Å². The van der Waals surface area contributed by atoms with Gasteiger partial charge in [0, 0.05) is 6.42 Å². The summed E-state index contributed by atoms with van der Waals surface area (Å²) in [6, 6.07) is 6.38. The summed E-state index contributed by atoms with van der Waals surface area (Å²) in [5.41, 5.74) is 3.11. The molecule has 0 radical (unpaired) electrons. The van der Waals surface area contributed by atoms with Gasteiger partial charge in [-0.05, 0) is 29.8 Å². The van der Waals surface area contributed by atoms with Crippen molar-refractivity contribution >= 4 is 34.5 Å². The van der Waals surface area contributed by atoms with Gasteiger partial charge in [-0.25, -0.2) is 5.43 Å². The average molecular weight is 333 g/mol. The fourth-order valence-electron chi connectivity index (χ4n) is 1.50. The molecule has 0 fully saturated rings. The number of anilines is 1. The molecule has 9 heteroatoms. The molecule has 2 rings (SSSR count). The molecule has 0 atom stereocenters. The van der Waals surface area contributed by atoms with Crippen LogP contribution >= 0.6 is 11.3 Å². The van der Waals surface area contributed by atoms with Crippen molar-refractivity contribution in [3.63, 3.8) is 0 Å². The number of hydrogen-bond donors (Lipinski definition) is 3. The number of amides is 2. The van der Waals surface area contributed by atoms with E-state index in [0.29, 0.717) is 16.6 Å². The molecule has 0 aliphatic rings. The molecule has 1 aromatic heterocycles. The maximum absolute atomic E-state index is 11.7. The fourth-order valence-corrected chi connectivity index (χ4v) is 2.25. The van der Waals surface area contributed by atoms with Crippen LogP contribution in [0.2, 0.25) is 0 Å². The van der Waals surface area contributed by atoms with E-state index >= 15 is 0 Å². The van der Waals surface area contributed by atoms with Gasteiger partial charge in [-0.2, -0.15) is 5.10 Å². The van der Waals surface area contributed by atoms with Crippen LogP contribution in [-0.4, -0.2) is 33.3 Å². The quantitative estimate of drug-likeness (QED) is 0.544. The second kappa shape index (κ2) is 7.99. The Balaban J connectivity index is 1.82. The summed E-state index contributed by atoms with van der Waals surface area (Å²) in [4.78, 5) is 23.0. The van der Waals surface area contributed by atoms with Crippen molar-refractivity contribution in [2.75, 3.05) is 5.32 Å². The van der Waals surface area contributed by atoms with Crippen LogP contribution in [0.1, 0.15) is 23.9 Å². The third kappa shape index (κ3) is 5.47. The van der Waals surface area contributed by atoms with Crippen LogP contribution < -0.4 is 10.7 Å². The van der Waals surface area contributed by atoms with Crippen molar-refractivity contribution in [1.82, 2.24) is 15.6 Å². The Morgan fingerprint density at radius 2 is 2.00 bits per heavy atom. The van der Waals surface area contributed by atoms with E-state index < -0.39 is 0 Å². The molecule has 0 aliphatic carbocycles. The first-order valence-corrected chi connectivity index (χ1v) is 7.61. The van der Waals surface area contributed by atoms with Gasteiger partial charge in [0.1, 0.15) is 10.8 Å². The van der Waals surface area contributed by atoms with E-state index in [0.717, 1.165) is 16.9 Å². The third-order valence-corrected chi connectivity index (χ3v) is 3.48. The highest BCUT2D eigenvalue weighted by Gasteiger charge is 2.10. The van der Waals surface area contributed by atoms with E-state index in [1.807, 2.05) is 0 Å². The van der Waals surface area contributed by atoms with Crippen molar-refractivity contribution < 1.29 is 14.7 Å². The highest BCUT2D eigenvalue weighted by Crippen LogP contribution is 2.15. The zero-order chi connectivity index (χ0) is 16.7. The molecule has 23 heavy (non-hydrogen) atoms. The van der Waals surface area contributed by atoms with Gasteiger partial charge in [0.15, 0.2) is 0 Å². The predicted octanol–water partition coefficient (Wildman–Crippen LogP) is 1.28. The van der Waals surface area contributed by atoms with E-state index in [-0.39, 0.29) is 24.0 Å². The number of hydrazone groups is 1. The number of rotatable bonds is 6. The van der Waals surface area contributed by atoms with Gasteiger partial charge < -0.3 is 10.4 Å². The lowest BCUT2D eigenvalue weighted by atomic mass is 10.2. The summed E-state index contributed by atoms with van der Waals surface area (Å²) in [5.74, 6) is -0.339. The number of nitrogens with one attached hydrogen (secondary N) is 2. The van der Waals surface area contributed by atoms with Crippen LogP contribution in [0.25, 0.3) is 0 Å². The second-order valence-electron chi connectivity index (χ2n) is 4.46. The number of aromatic nitrogens is 2. The molecule has 8 nitrogen and oxygen atoms in total. The average Bonchev–Trinajstić information content (AvgIpc) is 2.96. The number of benzene rings is 1.